The van der Waals surface area contributed by atoms with Crippen LogP contribution in [-0.4, -0.2) is 172 Å². The molecule has 3 aromatic rings. The highest BCUT2D eigenvalue weighted by molar-refractivity contribution is 7.80. The fourth-order valence-electron chi connectivity index (χ4n) is 8.56. The number of fused-ring (bicyclic) bond motifs is 3. The molecule has 376 valence electrons. The van der Waals surface area contributed by atoms with E-state index >= 15 is 0 Å². The number of aliphatic hydroxyl groups is 4. The Morgan fingerprint density at radius 2 is 1.71 bits per heavy atom. The van der Waals surface area contributed by atoms with Crippen LogP contribution in [0.1, 0.15) is 87.2 Å². The van der Waals surface area contributed by atoms with Crippen molar-refractivity contribution in [2.24, 2.45) is 15.7 Å². The van der Waals surface area contributed by atoms with Crippen LogP contribution < -0.4 is 15.2 Å². The van der Waals surface area contributed by atoms with Gasteiger partial charge in [-0.1, -0.05) is 36.5 Å². The van der Waals surface area contributed by atoms with Gasteiger partial charge >= 0.3 is 15.2 Å². The number of carbonyl (C=O) groups is 2. The van der Waals surface area contributed by atoms with Crippen molar-refractivity contribution in [3.8, 4) is 23.0 Å². The number of hydrogen-bond acceptors (Lipinski definition) is 19. The predicted octanol–water partition coefficient (Wildman–Crippen LogP) is 1.45. The van der Waals surface area contributed by atoms with Crippen LogP contribution in [-0.2, 0) is 25.0 Å². The van der Waals surface area contributed by atoms with Crippen molar-refractivity contribution in [3.05, 3.63) is 81.4 Å². The van der Waals surface area contributed by atoms with Gasteiger partial charge in [0, 0.05) is 72.6 Å². The van der Waals surface area contributed by atoms with E-state index in [0.29, 0.717) is 29.1 Å². The number of aliphatic imine (C=N–C) groups is 2. The van der Waals surface area contributed by atoms with Gasteiger partial charge in [-0.25, -0.2) is 0 Å². The number of carbonyl (C=O) groups excluding carboxylic acids is 2. The Morgan fingerprint density at radius 1 is 1.03 bits per heavy atom. The molecule has 0 spiro atoms. The van der Waals surface area contributed by atoms with Gasteiger partial charge in [-0.05, 0) is 44.2 Å². The van der Waals surface area contributed by atoms with Crippen LogP contribution in [0.4, 0.5) is 0 Å². The summed E-state index contributed by atoms with van der Waals surface area (Å²) in [7, 11) is -8.25. The highest BCUT2D eigenvalue weighted by Crippen LogP contribution is 2.69. The number of nitrogens with two attached hydrogens (primary N) is 1. The van der Waals surface area contributed by atoms with Crippen molar-refractivity contribution in [2.45, 2.75) is 80.4 Å². The Morgan fingerprint density at radius 3 is 2.36 bits per heavy atom. The lowest BCUT2D eigenvalue weighted by Crippen LogP contribution is -2.53. The third-order valence-electron chi connectivity index (χ3n) is 12.4. The number of phenolic OH excluding ortho intramolecular Hbond substituents is 2. The lowest BCUT2D eigenvalue weighted by Gasteiger charge is -2.43. The second kappa shape index (κ2) is 21.5. The fraction of sp³-hybridized carbons (Fsp3) is 0.477. The van der Waals surface area contributed by atoms with Gasteiger partial charge in [0.1, 0.15) is 28.6 Å². The number of benzene rings is 3. The van der Waals surface area contributed by atoms with Crippen molar-refractivity contribution in [1.82, 2.24) is 4.90 Å². The van der Waals surface area contributed by atoms with Crippen LogP contribution in [0.2, 0.25) is 0 Å². The minimum Gasteiger partial charge on any atom is -0.507 e. The van der Waals surface area contributed by atoms with Crippen LogP contribution in [0.3, 0.4) is 0 Å². The van der Waals surface area contributed by atoms with Crippen LogP contribution in [0.15, 0.2) is 52.4 Å². The number of ketones is 2. The van der Waals surface area contributed by atoms with E-state index in [4.69, 9.17) is 36.9 Å². The third kappa shape index (κ3) is 11.4. The highest BCUT2D eigenvalue weighted by Gasteiger charge is 2.59. The molecular formula is C44H56N4O18P2S. The van der Waals surface area contributed by atoms with Gasteiger partial charge in [0.25, 0.3) is 5.08 Å². The first-order valence-corrected chi connectivity index (χ1v) is 25.2. The van der Waals surface area contributed by atoms with E-state index in [1.54, 1.807) is 38.2 Å². The Hall–Kier alpha value is -4.39. The Labute approximate surface area is 401 Å². The molecule has 69 heavy (non-hydrogen) atoms. The van der Waals surface area contributed by atoms with Gasteiger partial charge in [0.2, 0.25) is 5.78 Å². The lowest BCUT2D eigenvalue weighted by molar-refractivity contribution is -0.245. The molecule has 25 heteroatoms. The molecule has 3 aromatic carbocycles. The molecule has 3 aliphatic rings. The van der Waals surface area contributed by atoms with Gasteiger partial charge in [0.15, 0.2) is 12.1 Å². The van der Waals surface area contributed by atoms with Gasteiger partial charge in [0.05, 0.1) is 74.1 Å². The first-order chi connectivity index (χ1) is 32.3. The molecule has 0 unspecified atom stereocenters. The first-order valence-electron chi connectivity index (χ1n) is 21.6. The average molecular weight is 1020 g/mol. The zero-order chi connectivity index (χ0) is 50.8. The second-order valence-corrected chi connectivity index (χ2v) is 21.8. The summed E-state index contributed by atoms with van der Waals surface area (Å²) in [5.74, 6) is -2.39. The van der Waals surface area contributed by atoms with Crippen molar-refractivity contribution in [1.29, 1.82) is 0 Å². The number of methoxy groups -OCH3 is 1. The number of ether oxygens (including phenoxy) is 4. The molecule has 0 radical (unpaired) electrons. The summed E-state index contributed by atoms with van der Waals surface area (Å²) in [6.45, 7) is 0.862. The minimum absolute atomic E-state index is 0.00632. The summed E-state index contributed by atoms with van der Waals surface area (Å²) in [6.07, 6.45) is -4.12. The Kier molecular flexibility index (Phi) is 16.8. The predicted molar refractivity (Wildman–Crippen MR) is 252 cm³/mol. The van der Waals surface area contributed by atoms with Crippen molar-refractivity contribution in [3.63, 3.8) is 0 Å². The van der Waals surface area contributed by atoms with Crippen molar-refractivity contribution >= 4 is 55.8 Å². The molecule has 2 aliphatic carbocycles. The summed E-state index contributed by atoms with van der Waals surface area (Å²) < 4.78 is 46.6. The quantitative estimate of drug-likeness (QED) is 0.0196. The van der Waals surface area contributed by atoms with E-state index in [-0.39, 0.29) is 66.4 Å². The molecular weight excluding hydrogens is 967 g/mol. The Balaban J connectivity index is 1.14. The molecule has 0 amide bonds. The van der Waals surface area contributed by atoms with Crippen LogP contribution >= 0.6 is 27.4 Å². The normalized spacial score (nSPS) is 23.2. The number of phenols is 2. The fourth-order valence-corrected chi connectivity index (χ4v) is 10.8. The summed E-state index contributed by atoms with van der Waals surface area (Å²) in [5, 5.41) is 63.9. The summed E-state index contributed by atoms with van der Waals surface area (Å²) in [5.41, 5.74) is 3.14. The topological polar surface area (TPSA) is 361 Å². The molecule has 6 rings (SSSR count). The number of aromatic hydroxyl groups is 2. The van der Waals surface area contributed by atoms with Crippen LogP contribution in [0.25, 0.3) is 0 Å². The molecule has 0 aromatic heterocycles. The summed E-state index contributed by atoms with van der Waals surface area (Å²) in [6, 6.07) is 10.5. The number of rotatable bonds is 20. The van der Waals surface area contributed by atoms with Gasteiger partial charge in [-0.3, -0.25) is 28.7 Å². The zero-order valence-electron chi connectivity index (χ0n) is 37.7. The summed E-state index contributed by atoms with van der Waals surface area (Å²) in [4.78, 5) is 76.2. The van der Waals surface area contributed by atoms with Crippen molar-refractivity contribution < 1.29 is 87.9 Å². The maximum atomic E-state index is 14.1. The monoisotopic (exact) mass is 1020 g/mol. The van der Waals surface area contributed by atoms with Gasteiger partial charge in [-0.15, -0.1) is 0 Å². The smallest absolute Gasteiger partial charge is 0.369 e. The molecule has 0 saturated carbocycles. The van der Waals surface area contributed by atoms with Gasteiger partial charge in [-0.2, -0.15) is 0 Å². The molecule has 6 atom stereocenters. The lowest BCUT2D eigenvalue weighted by atomic mass is 9.71. The average Bonchev–Trinajstić information content (AvgIpc) is 3.28. The molecule has 0 bridgehead atoms. The van der Waals surface area contributed by atoms with E-state index in [2.05, 4.69) is 9.98 Å². The number of thiocarbonyl (C=S) groups is 1. The van der Waals surface area contributed by atoms with E-state index in [1.807, 2.05) is 0 Å². The standard InChI is InChI=1S/C44H56N4O18P2S/c1-23-38(50)29(45)16-33(65-23)66-31-18-43(55,17-28-35(31)42(54)37-36(40(28)52)39(51)27-9-5-10-30(63-3)34(27)41(37)53)32(22-49)47-21-26(69)20-46-19-24-7-4-8-25(15-24)64-14-6-12-48(2)13-11-44(56,67(57,58)59)68(60,61)62/h4-5,7-10,15,19,23,29,31,33,38,49-50,52,54-56H,6,11-14,16-18,20-22,45H2,1-3H3,(H2,57,58,59)(H2,60,61,62)/t23-,29-,31-,33-,38+,43-/m0/s1. The highest BCUT2D eigenvalue weighted by atomic mass is 32.1. The number of nitrogens with zero attached hydrogens (tertiary/aromatic N) is 3. The maximum absolute atomic E-state index is 14.1. The molecule has 1 aliphatic heterocycles. The molecule has 12 N–H and O–H groups in total. The second-order valence-electron chi connectivity index (χ2n) is 17.2. The molecule has 1 fully saturated rings. The first kappa shape index (κ1) is 54.0. The van der Waals surface area contributed by atoms with Gasteiger partial charge < -0.3 is 79.8 Å². The van der Waals surface area contributed by atoms with E-state index in [0.717, 1.165) is 0 Å². The van der Waals surface area contributed by atoms with E-state index in [9.17, 15) is 68.9 Å². The molecule has 1 heterocycles. The molecule has 22 nitrogen and oxygen atoms in total. The minimum atomic E-state index is -5.56. The number of aliphatic hydroxyl groups excluding tert-OH is 2. The third-order valence-corrected chi connectivity index (χ3v) is 16.5. The van der Waals surface area contributed by atoms with Crippen molar-refractivity contribution in [2.75, 3.05) is 53.6 Å². The van der Waals surface area contributed by atoms with E-state index < -0.39 is 117 Å². The largest absolute Gasteiger partial charge is 0.507 e. The van der Waals surface area contributed by atoms with Crippen LogP contribution in [0.5, 0.6) is 23.0 Å². The number of hydrogen-bond donors (Lipinski definition) is 11. The molecule has 1 saturated heterocycles. The zero-order valence-corrected chi connectivity index (χ0v) is 40.3. The Bertz CT molecular complexity index is 2590. The maximum Gasteiger partial charge on any atom is 0.369 e. The SMILES string of the molecule is COc1cccc2c1C(=O)c1c(O)c3c(c(O)c1C2=O)C[C@@](O)(C(CO)=NCC(=S)CN=Cc1cccc(OCCCN(C)CCC(O)(P(=O)(O)O)P(=O)(O)O)c1)C[C@@H]3O[C@H]1C[C@H](N)[C@H](O)[C@H](C)O1. The van der Waals surface area contributed by atoms with E-state index in [1.165, 1.54) is 36.4 Å². The van der Waals surface area contributed by atoms with Crippen LogP contribution in [0, 0.1) is 0 Å². The summed E-state index contributed by atoms with van der Waals surface area (Å²) >= 11 is 5.54.